The molecule has 0 aliphatic carbocycles. The summed E-state index contributed by atoms with van der Waals surface area (Å²) in [6.45, 7) is 7.48. The van der Waals surface area contributed by atoms with Crippen molar-refractivity contribution in [3.8, 4) is 0 Å². The molecule has 1 fully saturated rings. The van der Waals surface area contributed by atoms with Gasteiger partial charge in [0.2, 0.25) is 5.91 Å². The highest BCUT2D eigenvalue weighted by atomic mass is 16.2. The summed E-state index contributed by atoms with van der Waals surface area (Å²) in [5.74, 6) is 0.181. The fourth-order valence-electron chi connectivity index (χ4n) is 3.03. The predicted octanol–water partition coefficient (Wildman–Crippen LogP) is 1.00. The van der Waals surface area contributed by atoms with E-state index >= 15 is 0 Å². The molecule has 2 aliphatic heterocycles. The van der Waals surface area contributed by atoms with E-state index in [2.05, 4.69) is 28.4 Å². The fourth-order valence-corrected chi connectivity index (χ4v) is 3.03. The van der Waals surface area contributed by atoms with Crippen LogP contribution in [-0.4, -0.2) is 43.5 Å². The number of carbonyl (C=O) groups excluding carboxylic acids is 1. The lowest BCUT2D eigenvalue weighted by molar-refractivity contribution is -0.129. The lowest BCUT2D eigenvalue weighted by Crippen LogP contribution is -2.44. The van der Waals surface area contributed by atoms with Crippen LogP contribution >= 0.6 is 0 Å². The Morgan fingerprint density at radius 1 is 1.21 bits per heavy atom. The summed E-state index contributed by atoms with van der Waals surface area (Å²) in [6.07, 6.45) is 0.981. The molecule has 0 saturated carbocycles. The molecule has 3 rings (SSSR count). The second-order valence-electron chi connectivity index (χ2n) is 5.34. The van der Waals surface area contributed by atoms with Crippen LogP contribution < -0.4 is 10.2 Å². The highest BCUT2D eigenvalue weighted by molar-refractivity contribution is 5.74. The number of hydrogen-bond donors (Lipinski definition) is 1. The number of amides is 1. The standard InChI is InChI=1S/C15H21N3O/c1-12(19)18-8-5-13-3-2-4-15(14(13)11-18)17-9-6-16-7-10-17/h2-4,16H,5-11H2,1H3. The summed E-state index contributed by atoms with van der Waals surface area (Å²) in [7, 11) is 0. The van der Waals surface area contributed by atoms with Gasteiger partial charge in [-0.2, -0.15) is 0 Å². The van der Waals surface area contributed by atoms with Gasteiger partial charge in [-0.25, -0.2) is 0 Å². The van der Waals surface area contributed by atoms with Crippen LogP contribution in [0.15, 0.2) is 18.2 Å². The van der Waals surface area contributed by atoms with E-state index < -0.39 is 0 Å². The van der Waals surface area contributed by atoms with Gasteiger partial charge in [0.1, 0.15) is 0 Å². The second-order valence-corrected chi connectivity index (χ2v) is 5.34. The Balaban J connectivity index is 1.91. The zero-order valence-corrected chi connectivity index (χ0v) is 11.5. The van der Waals surface area contributed by atoms with Crippen LogP contribution in [0.4, 0.5) is 5.69 Å². The number of fused-ring (bicyclic) bond motifs is 1. The maximum absolute atomic E-state index is 11.6. The molecule has 1 N–H and O–H groups in total. The molecule has 0 bridgehead atoms. The summed E-state index contributed by atoms with van der Waals surface area (Å²) in [5.41, 5.74) is 4.09. The SMILES string of the molecule is CC(=O)N1CCc2cccc(N3CCNCC3)c2C1. The molecule has 0 radical (unpaired) electrons. The lowest BCUT2D eigenvalue weighted by atomic mass is 9.97. The normalized spacial score (nSPS) is 19.2. The van der Waals surface area contributed by atoms with Gasteiger partial charge in [-0.3, -0.25) is 4.79 Å². The van der Waals surface area contributed by atoms with Crippen molar-refractivity contribution in [3.05, 3.63) is 29.3 Å². The number of piperazine rings is 1. The highest BCUT2D eigenvalue weighted by Gasteiger charge is 2.23. The Morgan fingerprint density at radius 2 is 2.00 bits per heavy atom. The van der Waals surface area contributed by atoms with Crippen molar-refractivity contribution in [2.75, 3.05) is 37.6 Å². The molecule has 4 nitrogen and oxygen atoms in total. The van der Waals surface area contributed by atoms with Gasteiger partial charge in [0.05, 0.1) is 0 Å². The first-order chi connectivity index (χ1) is 9.25. The fraction of sp³-hybridized carbons (Fsp3) is 0.533. The van der Waals surface area contributed by atoms with Gasteiger partial charge in [0.15, 0.2) is 0 Å². The molecule has 1 amide bonds. The summed E-state index contributed by atoms with van der Waals surface area (Å²) in [6, 6.07) is 6.56. The minimum absolute atomic E-state index is 0.181. The van der Waals surface area contributed by atoms with Crippen LogP contribution in [0.25, 0.3) is 0 Å². The number of benzene rings is 1. The monoisotopic (exact) mass is 259 g/mol. The largest absolute Gasteiger partial charge is 0.369 e. The Morgan fingerprint density at radius 3 is 2.74 bits per heavy atom. The summed E-state index contributed by atoms with van der Waals surface area (Å²) >= 11 is 0. The summed E-state index contributed by atoms with van der Waals surface area (Å²) < 4.78 is 0. The number of rotatable bonds is 1. The molecular weight excluding hydrogens is 238 g/mol. The van der Waals surface area contributed by atoms with Crippen LogP contribution in [-0.2, 0) is 17.8 Å². The van der Waals surface area contributed by atoms with Crippen molar-refractivity contribution in [2.45, 2.75) is 19.9 Å². The van der Waals surface area contributed by atoms with Crippen molar-refractivity contribution < 1.29 is 4.79 Å². The van der Waals surface area contributed by atoms with Crippen LogP contribution in [0, 0.1) is 0 Å². The third kappa shape index (κ3) is 2.45. The molecule has 0 unspecified atom stereocenters. The molecular formula is C15H21N3O. The zero-order valence-electron chi connectivity index (χ0n) is 11.5. The Kier molecular flexibility index (Phi) is 3.42. The maximum atomic E-state index is 11.6. The molecule has 0 spiro atoms. The van der Waals surface area contributed by atoms with Gasteiger partial charge in [-0.1, -0.05) is 12.1 Å². The van der Waals surface area contributed by atoms with Crippen molar-refractivity contribution >= 4 is 11.6 Å². The molecule has 1 aromatic rings. The number of nitrogens with zero attached hydrogens (tertiary/aromatic N) is 2. The Labute approximate surface area is 114 Å². The van der Waals surface area contributed by atoms with Gasteiger partial charge in [-0.05, 0) is 23.6 Å². The van der Waals surface area contributed by atoms with E-state index in [0.29, 0.717) is 0 Å². The number of hydrogen-bond acceptors (Lipinski definition) is 3. The third-order valence-electron chi connectivity index (χ3n) is 4.15. The quantitative estimate of drug-likeness (QED) is 0.817. The Bertz CT molecular complexity index is 480. The predicted molar refractivity (Wildman–Crippen MR) is 76.3 cm³/mol. The topological polar surface area (TPSA) is 35.6 Å². The van der Waals surface area contributed by atoms with Crippen LogP contribution in [0.3, 0.4) is 0 Å². The second kappa shape index (κ2) is 5.21. The number of nitrogens with one attached hydrogen (secondary N) is 1. The van der Waals surface area contributed by atoms with E-state index in [1.807, 2.05) is 4.90 Å². The van der Waals surface area contributed by atoms with Gasteiger partial charge in [-0.15, -0.1) is 0 Å². The molecule has 102 valence electrons. The molecule has 0 aromatic heterocycles. The molecule has 1 saturated heterocycles. The minimum atomic E-state index is 0.181. The van der Waals surface area contributed by atoms with Crippen LogP contribution in [0.1, 0.15) is 18.1 Å². The average Bonchev–Trinajstić information content (AvgIpc) is 2.47. The van der Waals surface area contributed by atoms with Crippen LogP contribution in [0.5, 0.6) is 0 Å². The van der Waals surface area contributed by atoms with Crippen LogP contribution in [0.2, 0.25) is 0 Å². The number of carbonyl (C=O) groups is 1. The first kappa shape index (κ1) is 12.5. The smallest absolute Gasteiger partial charge is 0.219 e. The number of anilines is 1. The molecule has 4 heteroatoms. The summed E-state index contributed by atoms with van der Waals surface area (Å²) in [4.78, 5) is 16.0. The Hall–Kier alpha value is -1.55. The summed E-state index contributed by atoms with van der Waals surface area (Å²) in [5, 5.41) is 3.39. The molecule has 2 aliphatic rings. The van der Waals surface area contributed by atoms with Gasteiger partial charge in [0, 0.05) is 51.9 Å². The average molecular weight is 259 g/mol. The molecule has 1 aromatic carbocycles. The van der Waals surface area contributed by atoms with Gasteiger partial charge in [0.25, 0.3) is 0 Å². The zero-order chi connectivity index (χ0) is 13.2. The first-order valence-electron chi connectivity index (χ1n) is 7.07. The lowest BCUT2D eigenvalue weighted by Gasteiger charge is -2.35. The van der Waals surface area contributed by atoms with Gasteiger partial charge >= 0.3 is 0 Å². The first-order valence-corrected chi connectivity index (χ1v) is 7.07. The van der Waals surface area contributed by atoms with E-state index in [1.54, 1.807) is 6.92 Å². The third-order valence-corrected chi connectivity index (χ3v) is 4.15. The van der Waals surface area contributed by atoms with Gasteiger partial charge < -0.3 is 15.1 Å². The van der Waals surface area contributed by atoms with Crippen molar-refractivity contribution in [2.24, 2.45) is 0 Å². The maximum Gasteiger partial charge on any atom is 0.219 e. The highest BCUT2D eigenvalue weighted by Crippen LogP contribution is 2.29. The van der Waals surface area contributed by atoms with E-state index in [9.17, 15) is 4.79 Å². The molecule has 0 atom stereocenters. The van der Waals surface area contributed by atoms with E-state index in [0.717, 1.165) is 45.7 Å². The van der Waals surface area contributed by atoms with E-state index in [4.69, 9.17) is 0 Å². The van der Waals surface area contributed by atoms with Crippen molar-refractivity contribution in [1.29, 1.82) is 0 Å². The molecule has 19 heavy (non-hydrogen) atoms. The van der Waals surface area contributed by atoms with Crippen molar-refractivity contribution in [1.82, 2.24) is 10.2 Å². The van der Waals surface area contributed by atoms with E-state index in [-0.39, 0.29) is 5.91 Å². The van der Waals surface area contributed by atoms with E-state index in [1.165, 1.54) is 16.8 Å². The molecule has 2 heterocycles. The van der Waals surface area contributed by atoms with Crippen molar-refractivity contribution in [3.63, 3.8) is 0 Å². The minimum Gasteiger partial charge on any atom is -0.369 e.